The van der Waals surface area contributed by atoms with Crippen molar-refractivity contribution in [1.29, 1.82) is 0 Å². The number of unbranched alkanes of at least 4 members (excludes halogenated alkanes) is 1. The molecule has 1 atom stereocenters. The molecule has 1 aromatic rings. The van der Waals surface area contributed by atoms with Crippen LogP contribution in [0.4, 0.5) is 0 Å². The van der Waals surface area contributed by atoms with Crippen LogP contribution in [0.5, 0.6) is 0 Å². The number of hydrogen-bond donors (Lipinski definition) is 1. The molecule has 112 valence electrons. The number of rotatable bonds is 6. The Bertz CT molecular complexity index is 382. The maximum atomic E-state index is 6.01. The van der Waals surface area contributed by atoms with E-state index < -0.39 is 0 Å². The Kier molecular flexibility index (Phi) is 6.76. The third-order valence-electron chi connectivity index (χ3n) is 3.68. The lowest BCUT2D eigenvalue weighted by molar-refractivity contribution is 0.275. The van der Waals surface area contributed by atoms with Gasteiger partial charge in [-0.2, -0.15) is 0 Å². The summed E-state index contributed by atoms with van der Waals surface area (Å²) < 4.78 is 0. The first-order chi connectivity index (χ1) is 9.78. The highest BCUT2D eigenvalue weighted by Crippen LogP contribution is 2.16. The summed E-state index contributed by atoms with van der Waals surface area (Å²) >= 11 is 1.75. The van der Waals surface area contributed by atoms with Crippen molar-refractivity contribution in [2.75, 3.05) is 18.8 Å². The molecule has 0 aliphatic carbocycles. The minimum atomic E-state index is 0.383. The van der Waals surface area contributed by atoms with Crippen LogP contribution >= 0.6 is 11.8 Å². The van der Waals surface area contributed by atoms with Crippen LogP contribution in [-0.4, -0.2) is 39.8 Å². The van der Waals surface area contributed by atoms with Gasteiger partial charge in [0.05, 0.1) is 0 Å². The summed E-state index contributed by atoms with van der Waals surface area (Å²) in [5.41, 5.74) is 7.22. The van der Waals surface area contributed by atoms with Crippen molar-refractivity contribution in [3.63, 3.8) is 0 Å². The molecule has 5 heteroatoms. The molecule has 0 amide bonds. The Hall–Kier alpha value is -0.650. The summed E-state index contributed by atoms with van der Waals surface area (Å²) in [5.74, 6) is 1.11. The molecule has 20 heavy (non-hydrogen) atoms. The number of nitrogens with two attached hydrogens (primary N) is 1. The Labute approximate surface area is 126 Å². The summed E-state index contributed by atoms with van der Waals surface area (Å²) in [7, 11) is 0. The summed E-state index contributed by atoms with van der Waals surface area (Å²) in [5, 5.41) is 0.903. The zero-order valence-corrected chi connectivity index (χ0v) is 13.2. The van der Waals surface area contributed by atoms with E-state index in [1.54, 1.807) is 11.8 Å². The van der Waals surface area contributed by atoms with Gasteiger partial charge in [0.25, 0.3) is 0 Å². The first-order valence-electron chi connectivity index (χ1n) is 7.69. The second-order valence-corrected chi connectivity index (χ2v) is 6.61. The van der Waals surface area contributed by atoms with Gasteiger partial charge in [-0.25, -0.2) is 9.97 Å². The van der Waals surface area contributed by atoms with Crippen molar-refractivity contribution in [3.8, 4) is 0 Å². The van der Waals surface area contributed by atoms with Gasteiger partial charge in [0, 0.05) is 36.3 Å². The molecule has 0 radical (unpaired) electrons. The van der Waals surface area contributed by atoms with E-state index >= 15 is 0 Å². The molecule has 2 heterocycles. The number of thioether (sulfide) groups is 1. The zero-order valence-electron chi connectivity index (χ0n) is 12.4. The third kappa shape index (κ3) is 5.38. The number of hydrogen-bond acceptors (Lipinski definition) is 5. The van der Waals surface area contributed by atoms with Crippen LogP contribution in [0, 0.1) is 0 Å². The van der Waals surface area contributed by atoms with Crippen LogP contribution in [0.25, 0.3) is 0 Å². The van der Waals surface area contributed by atoms with E-state index in [2.05, 4.69) is 21.8 Å². The van der Waals surface area contributed by atoms with E-state index in [0.29, 0.717) is 6.04 Å². The summed E-state index contributed by atoms with van der Waals surface area (Å²) in [6, 6.07) is 0.383. The predicted octanol–water partition coefficient (Wildman–Crippen LogP) is 2.68. The van der Waals surface area contributed by atoms with Gasteiger partial charge in [-0.05, 0) is 38.8 Å². The second kappa shape index (κ2) is 8.60. The monoisotopic (exact) mass is 294 g/mol. The summed E-state index contributed by atoms with van der Waals surface area (Å²) in [6.07, 6.45) is 9.86. The van der Waals surface area contributed by atoms with Gasteiger partial charge in [-0.1, -0.05) is 25.1 Å². The van der Waals surface area contributed by atoms with Crippen molar-refractivity contribution in [3.05, 3.63) is 18.0 Å². The average molecular weight is 294 g/mol. The SMILES string of the molecule is CCCCSc1ncc(CN2CCCC(N)CC2)cn1. The fraction of sp³-hybridized carbons (Fsp3) is 0.733. The second-order valence-electron chi connectivity index (χ2n) is 5.54. The van der Waals surface area contributed by atoms with E-state index in [1.165, 1.54) is 24.8 Å². The molecule has 0 spiro atoms. The third-order valence-corrected chi connectivity index (χ3v) is 4.64. The van der Waals surface area contributed by atoms with E-state index in [4.69, 9.17) is 5.73 Å². The minimum absolute atomic E-state index is 0.383. The molecule has 0 saturated carbocycles. The maximum Gasteiger partial charge on any atom is 0.187 e. The highest BCUT2D eigenvalue weighted by Gasteiger charge is 2.14. The average Bonchev–Trinajstić information content (AvgIpc) is 2.66. The fourth-order valence-electron chi connectivity index (χ4n) is 2.40. The molecule has 1 aliphatic heterocycles. The molecular weight excluding hydrogens is 268 g/mol. The lowest BCUT2D eigenvalue weighted by Crippen LogP contribution is -2.26. The maximum absolute atomic E-state index is 6.01. The molecule has 1 saturated heterocycles. The number of nitrogens with zero attached hydrogens (tertiary/aromatic N) is 3. The highest BCUT2D eigenvalue weighted by atomic mass is 32.2. The fourth-order valence-corrected chi connectivity index (χ4v) is 3.27. The predicted molar refractivity (Wildman–Crippen MR) is 84.8 cm³/mol. The quantitative estimate of drug-likeness (QED) is 0.496. The topological polar surface area (TPSA) is 55.0 Å². The minimum Gasteiger partial charge on any atom is -0.328 e. The van der Waals surface area contributed by atoms with Crippen LogP contribution in [0.2, 0.25) is 0 Å². The molecule has 1 unspecified atom stereocenters. The smallest absolute Gasteiger partial charge is 0.187 e. The molecule has 4 nitrogen and oxygen atoms in total. The molecular formula is C15H26N4S. The number of aromatic nitrogens is 2. The van der Waals surface area contributed by atoms with Gasteiger partial charge in [0.15, 0.2) is 5.16 Å². The van der Waals surface area contributed by atoms with Crippen LogP contribution in [0.3, 0.4) is 0 Å². The number of likely N-dealkylation sites (tertiary alicyclic amines) is 1. The summed E-state index contributed by atoms with van der Waals surface area (Å²) in [6.45, 7) is 5.39. The van der Waals surface area contributed by atoms with E-state index in [9.17, 15) is 0 Å². The van der Waals surface area contributed by atoms with E-state index in [0.717, 1.165) is 43.4 Å². The molecule has 1 aliphatic rings. The van der Waals surface area contributed by atoms with Gasteiger partial charge in [-0.15, -0.1) is 0 Å². The standard InChI is InChI=1S/C15H26N4S/c1-2-3-9-20-15-17-10-13(11-18-15)12-19-7-4-5-14(16)6-8-19/h10-11,14H,2-9,12,16H2,1H3. The van der Waals surface area contributed by atoms with Crippen LogP contribution in [0.1, 0.15) is 44.6 Å². The van der Waals surface area contributed by atoms with Gasteiger partial charge >= 0.3 is 0 Å². The lowest BCUT2D eigenvalue weighted by Gasteiger charge is -2.19. The van der Waals surface area contributed by atoms with Crippen molar-refractivity contribution < 1.29 is 0 Å². The molecule has 0 aromatic carbocycles. The van der Waals surface area contributed by atoms with Crippen molar-refractivity contribution >= 4 is 11.8 Å². The first-order valence-corrected chi connectivity index (χ1v) is 8.68. The molecule has 1 aromatic heterocycles. The van der Waals surface area contributed by atoms with E-state index in [-0.39, 0.29) is 0 Å². The Balaban J connectivity index is 1.80. The van der Waals surface area contributed by atoms with Gasteiger partial charge in [0.1, 0.15) is 0 Å². The van der Waals surface area contributed by atoms with Gasteiger partial charge in [-0.3, -0.25) is 4.90 Å². The van der Waals surface area contributed by atoms with Gasteiger partial charge < -0.3 is 5.73 Å². The Morgan fingerprint density at radius 3 is 2.85 bits per heavy atom. The summed E-state index contributed by atoms with van der Waals surface area (Å²) in [4.78, 5) is 11.4. The van der Waals surface area contributed by atoms with Crippen LogP contribution < -0.4 is 5.73 Å². The lowest BCUT2D eigenvalue weighted by atomic mass is 10.1. The molecule has 1 fully saturated rings. The van der Waals surface area contributed by atoms with Gasteiger partial charge in [0.2, 0.25) is 0 Å². The highest BCUT2D eigenvalue weighted by molar-refractivity contribution is 7.99. The normalized spacial score (nSPS) is 20.8. The first kappa shape index (κ1) is 15.7. The van der Waals surface area contributed by atoms with Crippen molar-refractivity contribution in [2.45, 2.75) is 56.8 Å². The van der Waals surface area contributed by atoms with Crippen LogP contribution in [0.15, 0.2) is 17.6 Å². The zero-order chi connectivity index (χ0) is 14.2. The molecule has 2 N–H and O–H groups in total. The Morgan fingerprint density at radius 1 is 1.30 bits per heavy atom. The Morgan fingerprint density at radius 2 is 2.10 bits per heavy atom. The van der Waals surface area contributed by atoms with E-state index in [1.807, 2.05) is 12.4 Å². The molecule has 0 bridgehead atoms. The van der Waals surface area contributed by atoms with Crippen molar-refractivity contribution in [2.24, 2.45) is 5.73 Å². The molecule has 2 rings (SSSR count). The largest absolute Gasteiger partial charge is 0.328 e. The van der Waals surface area contributed by atoms with Crippen LogP contribution in [-0.2, 0) is 6.54 Å². The van der Waals surface area contributed by atoms with Crippen molar-refractivity contribution in [1.82, 2.24) is 14.9 Å².